The Hall–Kier alpha value is -1.92. The third-order valence-electron chi connectivity index (χ3n) is 3.47. The smallest absolute Gasteiger partial charge is 0.180 e. The zero-order chi connectivity index (χ0) is 17.7. The highest BCUT2D eigenvalue weighted by molar-refractivity contribution is 6.08. The lowest BCUT2D eigenvalue weighted by Crippen LogP contribution is -2.25. The number of Topliss-reactive ketones (excluding diaryl/α,β-unsaturated/α-hetero) is 2. The topological polar surface area (TPSA) is 86.9 Å². The third-order valence-corrected chi connectivity index (χ3v) is 3.47. The molecule has 0 bridgehead atoms. The molecule has 0 atom stereocenters. The minimum atomic E-state index is -0.233. The highest BCUT2D eigenvalue weighted by Gasteiger charge is 2.23. The number of hydrogen-bond donors (Lipinski definition) is 2. The van der Waals surface area contributed by atoms with Crippen LogP contribution in [0.15, 0.2) is 6.07 Å². The van der Waals surface area contributed by atoms with Crippen LogP contribution in [0, 0.1) is 0 Å². The maximum atomic E-state index is 12.4. The van der Waals surface area contributed by atoms with E-state index in [1.165, 1.54) is 6.07 Å². The largest absolute Gasteiger partial charge is 0.507 e. The van der Waals surface area contributed by atoms with Gasteiger partial charge in [-0.3, -0.25) is 9.59 Å². The van der Waals surface area contributed by atoms with Gasteiger partial charge in [0, 0.05) is 16.8 Å². The molecule has 0 aliphatic heterocycles. The number of aromatic hydroxyl groups is 1. The number of carbonyl (C=O) groups excluding carboxylic acids is 2. The molecule has 1 aromatic carbocycles. The van der Waals surface area contributed by atoms with Crippen LogP contribution in [-0.4, -0.2) is 67.8 Å². The Balaban J connectivity index is 3.43. The predicted octanol–water partition coefficient (Wildman–Crippen LogP) is 1.42. The first-order chi connectivity index (χ1) is 10.7. The first kappa shape index (κ1) is 19.1. The summed E-state index contributed by atoms with van der Waals surface area (Å²) in [4.78, 5) is 28.3. The van der Waals surface area contributed by atoms with Gasteiger partial charge < -0.3 is 20.6 Å². The summed E-state index contributed by atoms with van der Waals surface area (Å²) in [6.07, 6.45) is 1.27. The van der Waals surface area contributed by atoms with E-state index in [9.17, 15) is 14.7 Å². The van der Waals surface area contributed by atoms with Gasteiger partial charge in [-0.25, -0.2) is 0 Å². The van der Waals surface area contributed by atoms with Crippen molar-refractivity contribution in [3.63, 3.8) is 0 Å². The van der Waals surface area contributed by atoms with Crippen molar-refractivity contribution in [2.75, 3.05) is 47.0 Å². The summed E-state index contributed by atoms with van der Waals surface area (Å²) >= 11 is 0. The first-order valence-electron chi connectivity index (χ1n) is 7.69. The molecular formula is C17H27N3O3. The second-order valence-electron chi connectivity index (χ2n) is 6.28. The maximum absolute atomic E-state index is 12.4. The summed E-state index contributed by atoms with van der Waals surface area (Å²) in [6, 6.07) is 1.43. The first-order valence-corrected chi connectivity index (χ1v) is 7.69. The molecule has 0 radical (unpaired) electrons. The zero-order valence-corrected chi connectivity index (χ0v) is 14.6. The van der Waals surface area contributed by atoms with E-state index >= 15 is 0 Å². The molecule has 1 aromatic rings. The third kappa shape index (κ3) is 4.77. The summed E-state index contributed by atoms with van der Waals surface area (Å²) in [7, 11) is 7.13. The average Bonchev–Trinajstić information content (AvgIpc) is 2.41. The van der Waals surface area contributed by atoms with Crippen LogP contribution in [-0.2, 0) is 6.42 Å². The molecule has 1 rings (SSSR count). The van der Waals surface area contributed by atoms with Crippen LogP contribution in [0.5, 0.6) is 5.75 Å². The van der Waals surface area contributed by atoms with Crippen molar-refractivity contribution in [3.05, 3.63) is 22.8 Å². The fourth-order valence-corrected chi connectivity index (χ4v) is 2.43. The van der Waals surface area contributed by atoms with Gasteiger partial charge in [-0.2, -0.15) is 0 Å². The van der Waals surface area contributed by atoms with Crippen LogP contribution in [0.2, 0.25) is 0 Å². The lowest BCUT2D eigenvalue weighted by molar-refractivity contribution is 0.0955. The molecule has 6 nitrogen and oxygen atoms in total. The number of nitrogens with two attached hydrogens (primary N) is 1. The molecule has 0 unspecified atom stereocenters. The van der Waals surface area contributed by atoms with Gasteiger partial charge in [0.2, 0.25) is 0 Å². The number of phenols is 1. The second-order valence-corrected chi connectivity index (χ2v) is 6.28. The van der Waals surface area contributed by atoms with Crippen molar-refractivity contribution in [1.29, 1.82) is 0 Å². The van der Waals surface area contributed by atoms with Crippen molar-refractivity contribution in [2.24, 2.45) is 0 Å². The van der Waals surface area contributed by atoms with Crippen LogP contribution in [0.25, 0.3) is 0 Å². The van der Waals surface area contributed by atoms with E-state index < -0.39 is 0 Å². The molecule has 0 aliphatic carbocycles. The highest BCUT2D eigenvalue weighted by Crippen LogP contribution is 2.33. The van der Waals surface area contributed by atoms with E-state index in [2.05, 4.69) is 0 Å². The van der Waals surface area contributed by atoms with Crippen molar-refractivity contribution >= 4 is 17.3 Å². The molecule has 0 saturated heterocycles. The number of ketones is 2. The van der Waals surface area contributed by atoms with E-state index in [0.717, 1.165) is 6.42 Å². The fraction of sp³-hybridized carbons (Fsp3) is 0.529. The van der Waals surface area contributed by atoms with E-state index in [1.807, 2.05) is 6.92 Å². The van der Waals surface area contributed by atoms with Gasteiger partial charge in [0.1, 0.15) is 5.75 Å². The Morgan fingerprint density at radius 2 is 1.52 bits per heavy atom. The Morgan fingerprint density at radius 1 is 1.04 bits per heavy atom. The number of hydrogen-bond acceptors (Lipinski definition) is 6. The van der Waals surface area contributed by atoms with E-state index in [4.69, 9.17) is 5.73 Å². The van der Waals surface area contributed by atoms with E-state index in [1.54, 1.807) is 38.0 Å². The minimum Gasteiger partial charge on any atom is -0.507 e. The Bertz CT molecular complexity index is 549. The van der Waals surface area contributed by atoms with Crippen LogP contribution >= 0.6 is 0 Å². The van der Waals surface area contributed by atoms with E-state index in [0.29, 0.717) is 17.5 Å². The molecule has 0 saturated carbocycles. The summed E-state index contributed by atoms with van der Waals surface area (Å²) < 4.78 is 0. The second kappa shape index (κ2) is 8.08. The molecule has 23 heavy (non-hydrogen) atoms. The number of benzene rings is 1. The summed E-state index contributed by atoms with van der Waals surface area (Å²) in [5.41, 5.74) is 7.33. The molecule has 6 heteroatoms. The zero-order valence-electron chi connectivity index (χ0n) is 14.6. The van der Waals surface area contributed by atoms with Gasteiger partial charge in [-0.15, -0.1) is 0 Å². The number of rotatable bonds is 8. The van der Waals surface area contributed by atoms with Gasteiger partial charge in [-0.1, -0.05) is 13.3 Å². The van der Waals surface area contributed by atoms with Crippen LogP contribution in [0.4, 0.5) is 5.69 Å². The normalized spacial score (nSPS) is 11.3. The van der Waals surface area contributed by atoms with Crippen LogP contribution in [0.3, 0.4) is 0 Å². The quantitative estimate of drug-likeness (QED) is 0.556. The summed E-state index contributed by atoms with van der Waals surface area (Å²) in [5, 5.41) is 10.4. The minimum absolute atomic E-state index is 0.0994. The lowest BCUT2D eigenvalue weighted by Gasteiger charge is -2.18. The fourth-order valence-electron chi connectivity index (χ4n) is 2.43. The highest BCUT2D eigenvalue weighted by atomic mass is 16.3. The van der Waals surface area contributed by atoms with Crippen LogP contribution in [0.1, 0.15) is 39.6 Å². The van der Waals surface area contributed by atoms with Gasteiger partial charge in [0.25, 0.3) is 0 Å². The molecule has 0 spiro atoms. The number of likely N-dealkylation sites (N-methyl/N-ethyl adjacent to an activating group) is 2. The standard InChI is InChI=1S/C17H27N3O3/c1-6-7-11-16(18)12(14(21)9-19(2)3)8-13(17(11)23)15(22)10-20(4)5/h8,23H,6-7,9-10,18H2,1-5H3. The lowest BCUT2D eigenvalue weighted by atomic mass is 9.94. The molecule has 128 valence electrons. The number of carbonyl (C=O) groups is 2. The van der Waals surface area contributed by atoms with Gasteiger partial charge in [0.05, 0.1) is 18.7 Å². The SMILES string of the molecule is CCCc1c(N)c(C(=O)CN(C)C)cc(C(=O)CN(C)C)c1O. The van der Waals surface area contributed by atoms with Gasteiger partial charge >= 0.3 is 0 Å². The van der Waals surface area contributed by atoms with Crippen molar-refractivity contribution in [1.82, 2.24) is 9.80 Å². The molecule has 0 aliphatic rings. The number of nitrogens with zero attached hydrogens (tertiary/aromatic N) is 2. The number of nitrogen functional groups attached to an aromatic ring is 1. The molecule has 3 N–H and O–H groups in total. The van der Waals surface area contributed by atoms with Crippen molar-refractivity contribution in [2.45, 2.75) is 19.8 Å². The molecule has 0 heterocycles. The van der Waals surface area contributed by atoms with Crippen molar-refractivity contribution in [3.8, 4) is 5.75 Å². The Morgan fingerprint density at radius 3 is 1.96 bits per heavy atom. The van der Waals surface area contributed by atoms with Crippen LogP contribution < -0.4 is 5.73 Å². The summed E-state index contributed by atoms with van der Waals surface area (Å²) in [5.74, 6) is -0.495. The average molecular weight is 321 g/mol. The monoisotopic (exact) mass is 321 g/mol. The molecule has 0 fully saturated rings. The number of anilines is 1. The van der Waals surface area contributed by atoms with E-state index in [-0.39, 0.29) is 41.7 Å². The summed E-state index contributed by atoms with van der Waals surface area (Å²) in [6.45, 7) is 2.31. The van der Waals surface area contributed by atoms with Gasteiger partial charge in [0.15, 0.2) is 11.6 Å². The van der Waals surface area contributed by atoms with Gasteiger partial charge in [-0.05, 0) is 40.7 Å². The van der Waals surface area contributed by atoms with Crippen molar-refractivity contribution < 1.29 is 14.7 Å². The predicted molar refractivity (Wildman–Crippen MR) is 92.3 cm³/mol. The molecular weight excluding hydrogens is 294 g/mol. The maximum Gasteiger partial charge on any atom is 0.180 e. The number of phenolic OH excluding ortho intramolecular Hbond substituents is 1. The molecule has 0 amide bonds. The Labute approximate surface area is 137 Å². The Kier molecular flexibility index (Phi) is 6.72. The molecule has 0 aromatic heterocycles.